The number of alkyl carbamates (subject to hydrolysis) is 1. The van der Waals surface area contributed by atoms with Crippen molar-refractivity contribution < 1.29 is 23.5 Å². The fraction of sp³-hybridized carbons (Fsp3) is 0.579. The van der Waals surface area contributed by atoms with E-state index in [9.17, 15) is 14.0 Å². The highest BCUT2D eigenvalue weighted by Gasteiger charge is 2.29. The molecule has 5 nitrogen and oxygen atoms in total. The Balaban J connectivity index is 3.44. The molecule has 0 radical (unpaired) electrons. The lowest BCUT2D eigenvalue weighted by molar-refractivity contribution is 0.0499. The number of carbonyl (C=O) groups excluding carboxylic acids is 2. The molecule has 0 spiro atoms. The van der Waals surface area contributed by atoms with Crippen molar-refractivity contribution in [1.29, 1.82) is 0 Å². The molecule has 26 heavy (non-hydrogen) atoms. The Kier molecular flexibility index (Phi) is 7.87. The van der Waals surface area contributed by atoms with Gasteiger partial charge in [0.1, 0.15) is 11.4 Å². The maximum atomic E-state index is 14.9. The summed E-state index contributed by atoms with van der Waals surface area (Å²) in [6.45, 7) is 10.4. The van der Waals surface area contributed by atoms with Crippen LogP contribution in [0.4, 0.5) is 9.18 Å². The van der Waals surface area contributed by atoms with Crippen LogP contribution in [0.2, 0.25) is 5.02 Å². The Morgan fingerprint density at radius 3 is 2.38 bits per heavy atom. The number of benzene rings is 1. The zero-order valence-corrected chi connectivity index (χ0v) is 16.9. The van der Waals surface area contributed by atoms with Crippen LogP contribution in [0.3, 0.4) is 0 Å². The average Bonchev–Trinajstić information content (AvgIpc) is 2.48. The predicted octanol–water partition coefficient (Wildman–Crippen LogP) is 5.45. The smallest absolute Gasteiger partial charge is 0.408 e. The van der Waals surface area contributed by atoms with Crippen LogP contribution in [0.1, 0.15) is 76.3 Å². The SMILES string of the molecule is CCCC(NC(=O)OC(C)(C)C)c1c(F)c(Cl)cc(C(C)=O)c1OCC. The van der Waals surface area contributed by atoms with E-state index in [1.165, 1.54) is 13.0 Å². The summed E-state index contributed by atoms with van der Waals surface area (Å²) in [7, 11) is 0. The second kappa shape index (κ2) is 9.21. The summed E-state index contributed by atoms with van der Waals surface area (Å²) in [5.41, 5.74) is -0.446. The van der Waals surface area contributed by atoms with Gasteiger partial charge in [-0.1, -0.05) is 24.9 Å². The molecule has 1 atom stereocenters. The lowest BCUT2D eigenvalue weighted by Crippen LogP contribution is -2.35. The zero-order valence-electron chi connectivity index (χ0n) is 16.2. The molecule has 0 saturated heterocycles. The predicted molar refractivity (Wildman–Crippen MR) is 99.6 cm³/mol. The first-order valence-corrected chi connectivity index (χ1v) is 9.04. The van der Waals surface area contributed by atoms with E-state index in [2.05, 4.69) is 5.32 Å². The van der Waals surface area contributed by atoms with Gasteiger partial charge in [0.15, 0.2) is 11.6 Å². The molecular formula is C19H27ClFNO4. The highest BCUT2D eigenvalue weighted by Crippen LogP contribution is 2.38. The number of ketones is 1. The van der Waals surface area contributed by atoms with Gasteiger partial charge in [0, 0.05) is 0 Å². The van der Waals surface area contributed by atoms with Crippen LogP contribution in [0.5, 0.6) is 5.75 Å². The molecule has 1 rings (SSSR count). The van der Waals surface area contributed by atoms with Gasteiger partial charge in [-0.3, -0.25) is 4.79 Å². The van der Waals surface area contributed by atoms with Gasteiger partial charge in [0.2, 0.25) is 0 Å². The number of Topliss-reactive ketones (excluding diaryl/α,β-unsaturated/α-hetero) is 1. The largest absolute Gasteiger partial charge is 0.493 e. The quantitative estimate of drug-likeness (QED) is 0.632. The second-order valence-electron chi connectivity index (χ2n) is 6.94. The number of amides is 1. The highest BCUT2D eigenvalue weighted by atomic mass is 35.5. The maximum Gasteiger partial charge on any atom is 0.408 e. The number of nitrogens with one attached hydrogen (secondary N) is 1. The third-order valence-corrected chi connectivity index (χ3v) is 3.77. The van der Waals surface area contributed by atoms with Crippen LogP contribution in [-0.2, 0) is 4.74 Å². The molecule has 0 aliphatic heterocycles. The van der Waals surface area contributed by atoms with E-state index in [4.69, 9.17) is 21.1 Å². The van der Waals surface area contributed by atoms with Gasteiger partial charge in [0.25, 0.3) is 0 Å². The number of ether oxygens (including phenoxy) is 2. The third kappa shape index (κ3) is 5.87. The summed E-state index contributed by atoms with van der Waals surface area (Å²) in [5.74, 6) is -0.907. The first-order valence-electron chi connectivity index (χ1n) is 8.66. The second-order valence-corrected chi connectivity index (χ2v) is 7.35. The van der Waals surface area contributed by atoms with Crippen LogP contribution in [-0.4, -0.2) is 24.1 Å². The van der Waals surface area contributed by atoms with Crippen molar-refractivity contribution in [2.75, 3.05) is 6.61 Å². The van der Waals surface area contributed by atoms with Crippen molar-refractivity contribution in [2.24, 2.45) is 0 Å². The van der Waals surface area contributed by atoms with Crippen LogP contribution in [0.25, 0.3) is 0 Å². The molecule has 1 aromatic carbocycles. The molecule has 146 valence electrons. The van der Waals surface area contributed by atoms with E-state index in [1.807, 2.05) is 6.92 Å². The highest BCUT2D eigenvalue weighted by molar-refractivity contribution is 6.31. The summed E-state index contributed by atoms with van der Waals surface area (Å²) in [4.78, 5) is 24.2. The van der Waals surface area contributed by atoms with Gasteiger partial charge in [-0.05, 0) is 47.1 Å². The Hall–Kier alpha value is -1.82. The minimum Gasteiger partial charge on any atom is -0.493 e. The molecular weight excluding hydrogens is 361 g/mol. The summed E-state index contributed by atoms with van der Waals surface area (Å²) in [6.07, 6.45) is 0.406. The number of hydrogen-bond donors (Lipinski definition) is 1. The van der Waals surface area contributed by atoms with E-state index in [1.54, 1.807) is 27.7 Å². The Bertz CT molecular complexity index is 670. The number of rotatable bonds is 7. The van der Waals surface area contributed by atoms with Crippen LogP contribution in [0.15, 0.2) is 6.07 Å². The Morgan fingerprint density at radius 2 is 1.92 bits per heavy atom. The van der Waals surface area contributed by atoms with Crippen molar-refractivity contribution in [2.45, 2.75) is 66.0 Å². The summed E-state index contributed by atoms with van der Waals surface area (Å²) in [6, 6.07) is 0.512. The molecule has 0 aromatic heterocycles. The van der Waals surface area contributed by atoms with Gasteiger partial charge < -0.3 is 14.8 Å². The summed E-state index contributed by atoms with van der Waals surface area (Å²) in [5, 5.41) is 2.48. The molecule has 1 aromatic rings. The Morgan fingerprint density at radius 1 is 1.31 bits per heavy atom. The molecule has 1 unspecified atom stereocenters. The normalized spacial score (nSPS) is 12.5. The van der Waals surface area contributed by atoms with E-state index >= 15 is 0 Å². The van der Waals surface area contributed by atoms with Gasteiger partial charge in [0.05, 0.1) is 28.8 Å². The van der Waals surface area contributed by atoms with Gasteiger partial charge in [-0.2, -0.15) is 0 Å². The first-order chi connectivity index (χ1) is 12.0. The minimum absolute atomic E-state index is 0.0669. The molecule has 1 N–H and O–H groups in total. The number of halogens is 2. The van der Waals surface area contributed by atoms with Gasteiger partial charge in [-0.15, -0.1) is 0 Å². The van der Waals surface area contributed by atoms with Crippen LogP contribution < -0.4 is 10.1 Å². The minimum atomic E-state index is -0.742. The van der Waals surface area contributed by atoms with Crippen LogP contribution in [0, 0.1) is 5.82 Å². The standard InChI is InChI=1S/C19H27ClFNO4/c1-7-9-14(22-18(24)26-19(4,5)6)15-16(21)13(20)10-12(11(3)23)17(15)25-8-2/h10,14H,7-9H2,1-6H3,(H,22,24). The van der Waals surface area contributed by atoms with E-state index in [0.29, 0.717) is 12.8 Å². The summed E-state index contributed by atoms with van der Waals surface area (Å²) < 4.78 is 25.7. The topological polar surface area (TPSA) is 64.6 Å². The van der Waals surface area contributed by atoms with Gasteiger partial charge >= 0.3 is 6.09 Å². The molecule has 1 amide bonds. The number of hydrogen-bond acceptors (Lipinski definition) is 4. The summed E-state index contributed by atoms with van der Waals surface area (Å²) >= 11 is 6.00. The zero-order chi connectivity index (χ0) is 20.1. The molecule has 0 aliphatic carbocycles. The molecule has 0 aliphatic rings. The fourth-order valence-electron chi connectivity index (χ4n) is 2.53. The number of carbonyl (C=O) groups is 2. The van der Waals surface area contributed by atoms with Crippen molar-refractivity contribution in [3.63, 3.8) is 0 Å². The van der Waals surface area contributed by atoms with Crippen molar-refractivity contribution in [1.82, 2.24) is 5.32 Å². The molecule has 0 bridgehead atoms. The van der Waals surface area contributed by atoms with E-state index in [-0.39, 0.29) is 34.3 Å². The lowest BCUT2D eigenvalue weighted by atomic mass is 9.96. The van der Waals surface area contributed by atoms with Gasteiger partial charge in [-0.25, -0.2) is 9.18 Å². The van der Waals surface area contributed by atoms with Crippen molar-refractivity contribution in [3.8, 4) is 5.75 Å². The van der Waals surface area contributed by atoms with E-state index in [0.717, 1.165) is 0 Å². The molecule has 0 heterocycles. The Labute approximate surface area is 159 Å². The van der Waals surface area contributed by atoms with E-state index < -0.39 is 23.6 Å². The van der Waals surface area contributed by atoms with Crippen molar-refractivity contribution in [3.05, 3.63) is 28.0 Å². The first kappa shape index (κ1) is 22.2. The molecule has 0 saturated carbocycles. The molecule has 7 heteroatoms. The monoisotopic (exact) mass is 387 g/mol. The third-order valence-electron chi connectivity index (χ3n) is 3.49. The fourth-order valence-corrected chi connectivity index (χ4v) is 2.74. The average molecular weight is 388 g/mol. The van der Waals surface area contributed by atoms with Crippen molar-refractivity contribution >= 4 is 23.5 Å². The maximum absolute atomic E-state index is 14.9. The lowest BCUT2D eigenvalue weighted by Gasteiger charge is -2.26. The molecule has 0 fully saturated rings. The van der Waals surface area contributed by atoms with Crippen LogP contribution >= 0.6 is 11.6 Å².